The first-order valence-electron chi connectivity index (χ1n) is 0.839. The minimum absolute atomic E-state index is 0.704. The molecule has 0 aliphatic rings. The maximum atomic E-state index is 10.4. The number of hydrogen-bond donors (Lipinski definition) is 0. The van der Waals surface area contributed by atoms with Gasteiger partial charge in [0.25, 0.3) is 0 Å². The van der Waals surface area contributed by atoms with Crippen molar-refractivity contribution in [3.05, 3.63) is 0 Å². The lowest BCUT2D eigenvalue weighted by atomic mass is 11.7. The van der Waals surface area contributed by atoms with Crippen molar-refractivity contribution in [3.63, 3.8) is 0 Å². The molecule has 0 unspecified atom stereocenters. The Morgan fingerprint density at radius 1 is 1.60 bits per heavy atom. The Morgan fingerprint density at radius 3 is 1.80 bits per heavy atom. The van der Waals surface area contributed by atoms with Gasteiger partial charge in [-0.2, -0.15) is 8.78 Å². The second-order valence-electron chi connectivity index (χ2n) is 0.357. The third-order valence-corrected chi connectivity index (χ3v) is 0.218. The average Bonchev–Trinajstić information content (AvgIpc) is 1.38. The standard InChI is InChI=1S/CHF2OS/c2-1(3)5-4/h1H. The van der Waals surface area contributed by atoms with E-state index < -0.39 is 17.8 Å². The molecule has 1 nitrogen and oxygen atoms in total. The average molecular weight is 99.1 g/mol. The van der Waals surface area contributed by atoms with Gasteiger partial charge in [0.1, 0.15) is 12.0 Å². The van der Waals surface area contributed by atoms with Crippen LogP contribution < -0.4 is 0 Å². The smallest absolute Gasteiger partial charge is 0.195 e. The molecule has 0 spiro atoms. The van der Waals surface area contributed by atoms with E-state index in [1.165, 1.54) is 0 Å². The lowest BCUT2D eigenvalue weighted by Gasteiger charge is -1.76. The molecule has 0 fully saturated rings. The Balaban J connectivity index is 2.54. The van der Waals surface area contributed by atoms with Crippen LogP contribution in [0.2, 0.25) is 0 Å². The van der Waals surface area contributed by atoms with E-state index in [-0.39, 0.29) is 0 Å². The van der Waals surface area contributed by atoms with Crippen LogP contribution in [-0.4, -0.2) is 5.76 Å². The fraction of sp³-hybridized carbons (Fsp3) is 1.00. The molecule has 0 aliphatic carbocycles. The zero-order chi connectivity index (χ0) is 4.28. The molecule has 0 atom stereocenters. The van der Waals surface area contributed by atoms with Gasteiger partial charge in [-0.05, 0) is 0 Å². The maximum Gasteiger partial charge on any atom is 0.311 e. The third kappa shape index (κ3) is 4.17. The molecule has 0 aromatic rings. The van der Waals surface area contributed by atoms with Gasteiger partial charge in [0.05, 0.1) is 0 Å². The van der Waals surface area contributed by atoms with Crippen molar-refractivity contribution in [2.45, 2.75) is 5.76 Å². The van der Waals surface area contributed by atoms with E-state index in [9.17, 15) is 8.78 Å². The highest BCUT2D eigenvalue weighted by Gasteiger charge is 1.96. The summed E-state index contributed by atoms with van der Waals surface area (Å²) in [6, 6.07) is 0. The number of rotatable bonds is 1. The molecule has 0 heterocycles. The predicted molar refractivity (Wildman–Crippen MR) is 14.3 cm³/mol. The van der Waals surface area contributed by atoms with Crippen LogP contribution >= 0.6 is 12.0 Å². The fourth-order valence-electron chi connectivity index (χ4n) is 0. The summed E-state index contributed by atoms with van der Waals surface area (Å²) in [7, 11) is 0. The van der Waals surface area contributed by atoms with Crippen LogP contribution in [0.15, 0.2) is 0 Å². The Labute approximate surface area is 32.2 Å². The van der Waals surface area contributed by atoms with Crippen LogP contribution in [0.3, 0.4) is 0 Å². The van der Waals surface area contributed by atoms with Crippen molar-refractivity contribution < 1.29 is 13.3 Å². The van der Waals surface area contributed by atoms with Gasteiger partial charge in [-0.15, -0.1) is 4.55 Å². The molecule has 0 aromatic carbocycles. The molecule has 0 amide bonds. The van der Waals surface area contributed by atoms with Crippen molar-refractivity contribution in [2.24, 2.45) is 0 Å². The fourth-order valence-corrected chi connectivity index (χ4v) is 0. The van der Waals surface area contributed by atoms with Crippen LogP contribution in [0, 0.1) is 0 Å². The van der Waals surface area contributed by atoms with Crippen LogP contribution in [0.5, 0.6) is 0 Å². The van der Waals surface area contributed by atoms with E-state index >= 15 is 0 Å². The first-order valence-corrected chi connectivity index (χ1v) is 1.64. The van der Waals surface area contributed by atoms with Crippen molar-refractivity contribution in [3.8, 4) is 0 Å². The summed E-state index contributed by atoms with van der Waals surface area (Å²) in [5.74, 6) is -2.75. The molecule has 4 heteroatoms. The molecule has 5 heavy (non-hydrogen) atoms. The molecule has 0 aliphatic heterocycles. The van der Waals surface area contributed by atoms with Gasteiger partial charge in [-0.1, -0.05) is 0 Å². The molecule has 0 saturated heterocycles. The Kier molecular flexibility index (Phi) is 2.49. The molecule has 31 valence electrons. The summed E-state index contributed by atoms with van der Waals surface area (Å²) in [6.45, 7) is 0. The Morgan fingerprint density at radius 2 is 1.80 bits per heavy atom. The summed E-state index contributed by atoms with van der Waals surface area (Å²) in [4.78, 5) is 0. The molecule has 0 aromatic heterocycles. The monoisotopic (exact) mass is 99.0 g/mol. The molecular formula is CHF2OS. The zero-order valence-electron chi connectivity index (χ0n) is 2.15. The topological polar surface area (TPSA) is 19.9 Å². The SMILES string of the molecule is [O]SC(F)F. The molecule has 0 N–H and O–H groups in total. The highest BCUT2D eigenvalue weighted by Crippen LogP contribution is 2.06. The lowest BCUT2D eigenvalue weighted by molar-refractivity contribution is 0.238. The lowest BCUT2D eigenvalue weighted by Crippen LogP contribution is -1.72. The maximum absolute atomic E-state index is 10.4. The predicted octanol–water partition coefficient (Wildman–Crippen LogP) is 1.29. The summed E-state index contributed by atoms with van der Waals surface area (Å²) in [5.41, 5.74) is 0. The highest BCUT2D eigenvalue weighted by atomic mass is 32.2. The normalized spacial score (nSPS) is 9.60. The van der Waals surface area contributed by atoms with Crippen molar-refractivity contribution >= 4 is 12.0 Å². The number of hydrogen-bond acceptors (Lipinski definition) is 1. The molecule has 0 saturated carbocycles. The summed E-state index contributed by atoms with van der Waals surface area (Å²) >= 11 is -0.704. The van der Waals surface area contributed by atoms with E-state index in [0.29, 0.717) is 0 Å². The summed E-state index contributed by atoms with van der Waals surface area (Å²) in [5, 5.41) is 0. The van der Waals surface area contributed by atoms with Gasteiger partial charge in [-0.25, -0.2) is 0 Å². The quantitative estimate of drug-likeness (QED) is 0.453. The van der Waals surface area contributed by atoms with Crippen molar-refractivity contribution in [1.29, 1.82) is 0 Å². The Hall–Kier alpha value is 0.170. The minimum atomic E-state index is -2.75. The van der Waals surface area contributed by atoms with E-state index in [4.69, 9.17) is 4.55 Å². The van der Waals surface area contributed by atoms with Crippen molar-refractivity contribution in [1.82, 2.24) is 0 Å². The van der Waals surface area contributed by atoms with Crippen LogP contribution in [0.4, 0.5) is 8.78 Å². The second-order valence-corrected chi connectivity index (χ2v) is 0.906. The van der Waals surface area contributed by atoms with Crippen molar-refractivity contribution in [2.75, 3.05) is 0 Å². The second kappa shape index (κ2) is 2.41. The number of alkyl halides is 2. The first kappa shape index (κ1) is 5.17. The van der Waals surface area contributed by atoms with Gasteiger partial charge < -0.3 is 0 Å². The zero-order valence-corrected chi connectivity index (χ0v) is 2.97. The molecular weight excluding hydrogens is 98.1 g/mol. The third-order valence-electron chi connectivity index (χ3n) is 0.0727. The van der Waals surface area contributed by atoms with E-state index in [2.05, 4.69) is 0 Å². The van der Waals surface area contributed by atoms with Gasteiger partial charge in [0.15, 0.2) is 0 Å². The van der Waals surface area contributed by atoms with Crippen LogP contribution in [-0.2, 0) is 4.55 Å². The number of halogens is 2. The van der Waals surface area contributed by atoms with Gasteiger partial charge in [0.2, 0.25) is 0 Å². The minimum Gasteiger partial charge on any atom is -0.195 e. The Bertz CT molecular complexity index is 23.6. The largest absolute Gasteiger partial charge is 0.311 e. The summed E-state index contributed by atoms with van der Waals surface area (Å²) in [6.07, 6.45) is 0. The molecule has 0 bridgehead atoms. The highest BCUT2D eigenvalue weighted by molar-refractivity contribution is 7.93. The first-order chi connectivity index (χ1) is 2.27. The van der Waals surface area contributed by atoms with Crippen LogP contribution in [0.1, 0.15) is 0 Å². The molecule has 1 radical (unpaired) electrons. The van der Waals surface area contributed by atoms with Crippen LogP contribution in [0.25, 0.3) is 0 Å². The van der Waals surface area contributed by atoms with Gasteiger partial charge in [0, 0.05) is 0 Å². The van der Waals surface area contributed by atoms with E-state index in [1.807, 2.05) is 0 Å². The van der Waals surface area contributed by atoms with E-state index in [1.54, 1.807) is 0 Å². The van der Waals surface area contributed by atoms with Gasteiger partial charge >= 0.3 is 5.76 Å². The summed E-state index contributed by atoms with van der Waals surface area (Å²) < 4.78 is 29.6. The molecule has 0 rings (SSSR count). The van der Waals surface area contributed by atoms with E-state index in [0.717, 1.165) is 0 Å². The van der Waals surface area contributed by atoms with Gasteiger partial charge in [-0.3, -0.25) is 0 Å².